The van der Waals surface area contributed by atoms with Gasteiger partial charge in [0.05, 0.1) is 26.5 Å². The van der Waals surface area contributed by atoms with Gasteiger partial charge in [0.25, 0.3) is 0 Å². The number of rotatable bonds is 7. The summed E-state index contributed by atoms with van der Waals surface area (Å²) in [6, 6.07) is 16.2. The quantitative estimate of drug-likeness (QED) is 0.568. The van der Waals surface area contributed by atoms with E-state index in [4.69, 9.17) is 14.2 Å². The van der Waals surface area contributed by atoms with Crippen LogP contribution >= 0.6 is 0 Å². The number of benzene rings is 2. The minimum absolute atomic E-state index is 0.589. The molecule has 2 aromatic carbocycles. The Morgan fingerprint density at radius 2 is 1.52 bits per heavy atom. The number of aromatic nitrogens is 1. The summed E-state index contributed by atoms with van der Waals surface area (Å²) < 4.78 is 18.7. The molecule has 3 aromatic rings. The SMILES string of the molecule is CC=C(c1ccc(OC)c(OCC)c1)c1ccc(OC)c(-n2cccc2)c1. The Morgan fingerprint density at radius 1 is 0.889 bits per heavy atom. The van der Waals surface area contributed by atoms with E-state index in [0.29, 0.717) is 6.61 Å². The molecule has 0 amide bonds. The fourth-order valence-corrected chi connectivity index (χ4v) is 3.17. The van der Waals surface area contributed by atoms with Crippen LogP contribution in [0.25, 0.3) is 11.3 Å². The predicted octanol–water partition coefficient (Wildman–Crippen LogP) is 5.34. The number of methoxy groups -OCH3 is 2. The van der Waals surface area contributed by atoms with Gasteiger partial charge in [0, 0.05) is 12.4 Å². The van der Waals surface area contributed by atoms with Gasteiger partial charge >= 0.3 is 0 Å². The van der Waals surface area contributed by atoms with Gasteiger partial charge in [-0.05, 0) is 66.9 Å². The van der Waals surface area contributed by atoms with E-state index in [-0.39, 0.29) is 0 Å². The van der Waals surface area contributed by atoms with E-state index in [1.807, 2.05) is 56.6 Å². The maximum Gasteiger partial charge on any atom is 0.161 e. The summed E-state index contributed by atoms with van der Waals surface area (Å²) in [5, 5.41) is 0. The first-order chi connectivity index (χ1) is 13.2. The topological polar surface area (TPSA) is 32.6 Å². The molecule has 27 heavy (non-hydrogen) atoms. The van der Waals surface area contributed by atoms with Gasteiger partial charge in [0.1, 0.15) is 5.75 Å². The molecule has 0 N–H and O–H groups in total. The van der Waals surface area contributed by atoms with Gasteiger partial charge in [0.2, 0.25) is 0 Å². The van der Waals surface area contributed by atoms with E-state index in [1.165, 1.54) is 0 Å². The largest absolute Gasteiger partial charge is 0.495 e. The first kappa shape index (κ1) is 18.6. The minimum Gasteiger partial charge on any atom is -0.495 e. The molecule has 0 saturated heterocycles. The number of hydrogen-bond donors (Lipinski definition) is 0. The summed E-state index contributed by atoms with van der Waals surface area (Å²) in [7, 11) is 3.34. The van der Waals surface area contributed by atoms with Crippen molar-refractivity contribution in [1.82, 2.24) is 4.57 Å². The lowest BCUT2D eigenvalue weighted by molar-refractivity contribution is 0.311. The molecule has 140 valence electrons. The zero-order valence-electron chi connectivity index (χ0n) is 16.2. The Kier molecular flexibility index (Phi) is 5.87. The van der Waals surface area contributed by atoms with Crippen molar-refractivity contribution in [1.29, 1.82) is 0 Å². The molecule has 0 spiro atoms. The molecule has 0 radical (unpaired) electrons. The molecule has 1 aromatic heterocycles. The minimum atomic E-state index is 0.589. The standard InChI is InChI=1S/C23H25NO3/c1-5-19(18-10-12-22(26-4)23(16-18)27-6-2)17-9-11-21(25-3)20(15-17)24-13-7-8-14-24/h5,7-16H,6H2,1-4H3. The fraction of sp³-hybridized carbons (Fsp3) is 0.217. The summed E-state index contributed by atoms with van der Waals surface area (Å²) in [4.78, 5) is 0. The van der Waals surface area contributed by atoms with Crippen LogP contribution < -0.4 is 14.2 Å². The molecule has 0 unspecified atom stereocenters. The Hall–Kier alpha value is -3.14. The molecule has 3 rings (SSSR count). The van der Waals surface area contributed by atoms with Crippen molar-refractivity contribution in [2.75, 3.05) is 20.8 Å². The second kappa shape index (κ2) is 8.49. The van der Waals surface area contributed by atoms with Crippen LogP contribution in [0, 0.1) is 0 Å². The summed E-state index contributed by atoms with van der Waals surface area (Å²) in [6.45, 7) is 4.60. The molecule has 4 nitrogen and oxygen atoms in total. The van der Waals surface area contributed by atoms with Crippen molar-refractivity contribution in [3.8, 4) is 22.9 Å². The molecule has 0 aliphatic heterocycles. The van der Waals surface area contributed by atoms with Gasteiger partial charge in [-0.1, -0.05) is 18.2 Å². The summed E-state index contributed by atoms with van der Waals surface area (Å²) in [5.41, 5.74) is 4.30. The predicted molar refractivity (Wildman–Crippen MR) is 109 cm³/mol. The maximum atomic E-state index is 5.74. The van der Waals surface area contributed by atoms with E-state index < -0.39 is 0 Å². The average Bonchev–Trinajstić information content (AvgIpc) is 3.24. The van der Waals surface area contributed by atoms with Crippen LogP contribution in [0.1, 0.15) is 25.0 Å². The summed E-state index contributed by atoms with van der Waals surface area (Å²) in [6.07, 6.45) is 6.13. The molecule has 0 aliphatic rings. The molecular weight excluding hydrogens is 338 g/mol. The fourth-order valence-electron chi connectivity index (χ4n) is 3.17. The van der Waals surface area contributed by atoms with Crippen molar-refractivity contribution >= 4 is 5.57 Å². The Morgan fingerprint density at radius 3 is 2.11 bits per heavy atom. The third-order valence-corrected chi connectivity index (χ3v) is 4.44. The molecule has 0 saturated carbocycles. The third kappa shape index (κ3) is 3.85. The van der Waals surface area contributed by atoms with Crippen molar-refractivity contribution in [2.24, 2.45) is 0 Å². The molecule has 4 heteroatoms. The van der Waals surface area contributed by atoms with Crippen LogP contribution in [0.4, 0.5) is 0 Å². The molecule has 0 bridgehead atoms. The van der Waals surface area contributed by atoms with E-state index in [9.17, 15) is 0 Å². The van der Waals surface area contributed by atoms with Gasteiger partial charge < -0.3 is 18.8 Å². The monoisotopic (exact) mass is 363 g/mol. The van der Waals surface area contributed by atoms with E-state index >= 15 is 0 Å². The zero-order chi connectivity index (χ0) is 19.2. The first-order valence-electron chi connectivity index (χ1n) is 9.01. The third-order valence-electron chi connectivity index (χ3n) is 4.44. The average molecular weight is 363 g/mol. The molecule has 0 aliphatic carbocycles. The smallest absolute Gasteiger partial charge is 0.161 e. The lowest BCUT2D eigenvalue weighted by Crippen LogP contribution is -1.99. The zero-order valence-corrected chi connectivity index (χ0v) is 16.2. The highest BCUT2D eigenvalue weighted by molar-refractivity contribution is 5.82. The maximum absolute atomic E-state index is 5.74. The van der Waals surface area contributed by atoms with E-state index in [2.05, 4.69) is 28.8 Å². The summed E-state index contributed by atoms with van der Waals surface area (Å²) in [5.74, 6) is 2.31. The first-order valence-corrected chi connectivity index (χ1v) is 9.01. The lowest BCUT2D eigenvalue weighted by atomic mass is 9.96. The van der Waals surface area contributed by atoms with Gasteiger partial charge in [-0.25, -0.2) is 0 Å². The normalized spacial score (nSPS) is 11.3. The summed E-state index contributed by atoms with van der Waals surface area (Å²) >= 11 is 0. The van der Waals surface area contributed by atoms with Crippen LogP contribution in [0.15, 0.2) is 67.0 Å². The van der Waals surface area contributed by atoms with Gasteiger partial charge in [-0.3, -0.25) is 0 Å². The molecular formula is C23H25NO3. The Bertz CT molecular complexity index is 927. The molecule has 1 heterocycles. The highest BCUT2D eigenvalue weighted by atomic mass is 16.5. The van der Waals surface area contributed by atoms with E-state index in [0.717, 1.165) is 39.6 Å². The van der Waals surface area contributed by atoms with Gasteiger partial charge in [-0.15, -0.1) is 0 Å². The van der Waals surface area contributed by atoms with Crippen molar-refractivity contribution in [3.63, 3.8) is 0 Å². The van der Waals surface area contributed by atoms with Gasteiger partial charge in [-0.2, -0.15) is 0 Å². The number of hydrogen-bond acceptors (Lipinski definition) is 3. The number of ether oxygens (including phenoxy) is 3. The molecule has 0 atom stereocenters. The highest BCUT2D eigenvalue weighted by Gasteiger charge is 2.13. The highest BCUT2D eigenvalue weighted by Crippen LogP contribution is 2.35. The van der Waals surface area contributed by atoms with Crippen molar-refractivity contribution in [3.05, 3.63) is 78.1 Å². The van der Waals surface area contributed by atoms with Crippen LogP contribution in [-0.4, -0.2) is 25.4 Å². The number of nitrogens with zero attached hydrogens (tertiary/aromatic N) is 1. The second-order valence-corrected chi connectivity index (χ2v) is 5.98. The molecule has 0 fully saturated rings. The Labute approximate surface area is 160 Å². The lowest BCUT2D eigenvalue weighted by Gasteiger charge is -2.16. The Balaban J connectivity index is 2.07. The second-order valence-electron chi connectivity index (χ2n) is 5.98. The van der Waals surface area contributed by atoms with Crippen molar-refractivity contribution < 1.29 is 14.2 Å². The number of allylic oxidation sites excluding steroid dienone is 1. The van der Waals surface area contributed by atoms with Gasteiger partial charge in [0.15, 0.2) is 11.5 Å². The van der Waals surface area contributed by atoms with E-state index in [1.54, 1.807) is 14.2 Å². The van der Waals surface area contributed by atoms with Crippen LogP contribution in [0.3, 0.4) is 0 Å². The van der Waals surface area contributed by atoms with Crippen LogP contribution in [0.2, 0.25) is 0 Å². The van der Waals surface area contributed by atoms with Crippen LogP contribution in [0.5, 0.6) is 17.2 Å². The van der Waals surface area contributed by atoms with Crippen LogP contribution in [-0.2, 0) is 0 Å². The van der Waals surface area contributed by atoms with Crippen molar-refractivity contribution in [2.45, 2.75) is 13.8 Å².